The van der Waals surface area contributed by atoms with Crippen LogP contribution in [0, 0.1) is 11.3 Å². The van der Waals surface area contributed by atoms with Crippen LogP contribution in [0.15, 0.2) is 24.3 Å². The van der Waals surface area contributed by atoms with Gasteiger partial charge in [-0.05, 0) is 38.1 Å². The van der Waals surface area contributed by atoms with Crippen molar-refractivity contribution in [3.8, 4) is 6.07 Å². The van der Waals surface area contributed by atoms with Gasteiger partial charge in [0.2, 0.25) is 0 Å². The number of amides is 1. The summed E-state index contributed by atoms with van der Waals surface area (Å²) in [5.74, 6) is -0.0702. The third-order valence-electron chi connectivity index (χ3n) is 3.82. The first-order chi connectivity index (χ1) is 9.72. The van der Waals surface area contributed by atoms with Gasteiger partial charge in [-0.3, -0.25) is 4.79 Å². The Morgan fingerprint density at radius 3 is 2.70 bits per heavy atom. The molecular formula is C16H21N3O. The van der Waals surface area contributed by atoms with E-state index in [0.29, 0.717) is 17.7 Å². The molecule has 0 radical (unpaired) electrons. The van der Waals surface area contributed by atoms with Crippen molar-refractivity contribution in [3.63, 3.8) is 0 Å². The van der Waals surface area contributed by atoms with Gasteiger partial charge in [0.1, 0.15) is 0 Å². The molecule has 4 nitrogen and oxygen atoms in total. The summed E-state index contributed by atoms with van der Waals surface area (Å²) in [6.07, 6.45) is 3.84. The molecule has 0 aromatic heterocycles. The molecule has 1 heterocycles. The van der Waals surface area contributed by atoms with Crippen LogP contribution in [0.4, 0.5) is 0 Å². The average molecular weight is 271 g/mol. The molecule has 0 bridgehead atoms. The maximum atomic E-state index is 12.4. The molecule has 1 aromatic rings. The summed E-state index contributed by atoms with van der Waals surface area (Å²) in [7, 11) is 1.81. The summed E-state index contributed by atoms with van der Waals surface area (Å²) in [6.45, 7) is 3.89. The van der Waals surface area contributed by atoms with Crippen LogP contribution < -0.4 is 0 Å². The summed E-state index contributed by atoms with van der Waals surface area (Å²) in [6, 6.07) is 9.06. The second-order valence-corrected chi connectivity index (χ2v) is 5.29. The van der Waals surface area contributed by atoms with E-state index in [2.05, 4.69) is 11.0 Å². The Labute approximate surface area is 120 Å². The third kappa shape index (κ3) is 3.58. The molecule has 1 aromatic carbocycles. The van der Waals surface area contributed by atoms with Gasteiger partial charge in [0, 0.05) is 20.1 Å². The fourth-order valence-electron chi connectivity index (χ4n) is 2.55. The Balaban J connectivity index is 1.93. The predicted molar refractivity (Wildman–Crippen MR) is 78.4 cm³/mol. The van der Waals surface area contributed by atoms with Crippen LogP contribution in [-0.4, -0.2) is 48.9 Å². The van der Waals surface area contributed by atoms with E-state index in [9.17, 15) is 4.79 Å². The molecule has 1 saturated heterocycles. The lowest BCUT2D eigenvalue weighted by Crippen LogP contribution is -2.38. The Kier molecular flexibility index (Phi) is 5.14. The van der Waals surface area contributed by atoms with Crippen LogP contribution in [0.5, 0.6) is 0 Å². The number of piperidine rings is 1. The van der Waals surface area contributed by atoms with Crippen LogP contribution in [0.2, 0.25) is 0 Å². The Morgan fingerprint density at radius 2 is 2.00 bits per heavy atom. The van der Waals surface area contributed by atoms with Crippen LogP contribution >= 0.6 is 0 Å². The zero-order valence-corrected chi connectivity index (χ0v) is 12.0. The molecule has 0 aliphatic carbocycles. The predicted octanol–water partition coefficient (Wildman–Crippen LogP) is 2.12. The van der Waals surface area contributed by atoms with Gasteiger partial charge in [-0.2, -0.15) is 5.26 Å². The Morgan fingerprint density at radius 1 is 1.30 bits per heavy atom. The monoisotopic (exact) mass is 271 g/mol. The molecule has 0 N–H and O–H groups in total. The molecule has 1 fully saturated rings. The van der Waals surface area contributed by atoms with E-state index >= 15 is 0 Å². The third-order valence-corrected chi connectivity index (χ3v) is 3.82. The number of benzene rings is 1. The van der Waals surface area contributed by atoms with E-state index in [4.69, 9.17) is 5.26 Å². The number of hydrogen-bond donors (Lipinski definition) is 0. The van der Waals surface area contributed by atoms with E-state index in [1.807, 2.05) is 0 Å². The molecule has 1 amide bonds. The molecular weight excluding hydrogens is 250 g/mol. The molecule has 20 heavy (non-hydrogen) atoms. The second kappa shape index (κ2) is 7.06. The SMILES string of the molecule is CN(CCN1CCCCC1)C(=O)c1ccccc1C#N. The standard InChI is InChI=1S/C16H21N3O/c1-18(11-12-19-9-5-2-6-10-19)16(20)15-8-4-3-7-14(15)13-17/h3-4,7-8H,2,5-6,9-12H2,1H3. The van der Waals surface area contributed by atoms with E-state index in [0.717, 1.165) is 19.6 Å². The molecule has 0 unspecified atom stereocenters. The van der Waals surface area contributed by atoms with E-state index in [1.165, 1.54) is 19.3 Å². The highest BCUT2D eigenvalue weighted by Crippen LogP contribution is 2.11. The number of carbonyl (C=O) groups is 1. The van der Waals surface area contributed by atoms with Gasteiger partial charge in [-0.15, -0.1) is 0 Å². The molecule has 0 atom stereocenters. The van der Waals surface area contributed by atoms with Crippen molar-refractivity contribution in [3.05, 3.63) is 35.4 Å². The quantitative estimate of drug-likeness (QED) is 0.842. The van der Waals surface area contributed by atoms with Crippen molar-refractivity contribution < 1.29 is 4.79 Å². The van der Waals surface area contributed by atoms with E-state index in [-0.39, 0.29) is 5.91 Å². The maximum absolute atomic E-state index is 12.4. The Bertz CT molecular complexity index is 501. The van der Waals surface area contributed by atoms with Gasteiger partial charge in [-0.25, -0.2) is 0 Å². The molecule has 4 heteroatoms. The second-order valence-electron chi connectivity index (χ2n) is 5.29. The molecule has 106 valence electrons. The number of rotatable bonds is 4. The number of carbonyl (C=O) groups excluding carboxylic acids is 1. The van der Waals surface area contributed by atoms with Gasteiger partial charge in [0.25, 0.3) is 5.91 Å². The number of likely N-dealkylation sites (tertiary alicyclic amines) is 1. The highest BCUT2D eigenvalue weighted by atomic mass is 16.2. The minimum atomic E-state index is -0.0702. The summed E-state index contributed by atoms with van der Waals surface area (Å²) >= 11 is 0. The lowest BCUT2D eigenvalue weighted by atomic mass is 10.1. The fraction of sp³-hybridized carbons (Fsp3) is 0.500. The van der Waals surface area contributed by atoms with Crippen molar-refractivity contribution in [2.45, 2.75) is 19.3 Å². The summed E-state index contributed by atoms with van der Waals surface area (Å²) < 4.78 is 0. The minimum absolute atomic E-state index is 0.0702. The van der Waals surface area contributed by atoms with Crippen molar-refractivity contribution in [1.82, 2.24) is 9.80 Å². The number of hydrogen-bond acceptors (Lipinski definition) is 3. The highest BCUT2D eigenvalue weighted by Gasteiger charge is 2.17. The van der Waals surface area contributed by atoms with Crippen LogP contribution in [0.3, 0.4) is 0 Å². The molecule has 1 aliphatic heterocycles. The summed E-state index contributed by atoms with van der Waals surface area (Å²) in [5.41, 5.74) is 0.943. The zero-order valence-electron chi connectivity index (χ0n) is 12.0. The Hall–Kier alpha value is -1.86. The molecule has 0 spiro atoms. The van der Waals surface area contributed by atoms with Gasteiger partial charge in [0.15, 0.2) is 0 Å². The van der Waals surface area contributed by atoms with E-state index < -0.39 is 0 Å². The summed E-state index contributed by atoms with van der Waals surface area (Å²) in [4.78, 5) is 16.5. The van der Waals surface area contributed by atoms with Crippen molar-refractivity contribution in [1.29, 1.82) is 5.26 Å². The lowest BCUT2D eigenvalue weighted by Gasteiger charge is -2.28. The maximum Gasteiger partial charge on any atom is 0.254 e. The van der Waals surface area contributed by atoms with Crippen molar-refractivity contribution >= 4 is 5.91 Å². The first kappa shape index (κ1) is 14.5. The van der Waals surface area contributed by atoms with Crippen molar-refractivity contribution in [2.24, 2.45) is 0 Å². The van der Waals surface area contributed by atoms with Gasteiger partial charge < -0.3 is 9.80 Å². The van der Waals surface area contributed by atoms with Crippen LogP contribution in [0.1, 0.15) is 35.2 Å². The summed E-state index contributed by atoms with van der Waals surface area (Å²) in [5, 5.41) is 9.05. The molecule has 1 aliphatic rings. The smallest absolute Gasteiger partial charge is 0.254 e. The van der Waals surface area contributed by atoms with Crippen LogP contribution in [-0.2, 0) is 0 Å². The lowest BCUT2D eigenvalue weighted by molar-refractivity contribution is 0.0772. The van der Waals surface area contributed by atoms with E-state index in [1.54, 1.807) is 36.2 Å². The van der Waals surface area contributed by atoms with Gasteiger partial charge in [-0.1, -0.05) is 18.6 Å². The topological polar surface area (TPSA) is 47.3 Å². The average Bonchev–Trinajstić information content (AvgIpc) is 2.52. The molecule has 0 saturated carbocycles. The normalized spacial score (nSPS) is 15.6. The minimum Gasteiger partial charge on any atom is -0.340 e. The largest absolute Gasteiger partial charge is 0.340 e. The van der Waals surface area contributed by atoms with Crippen molar-refractivity contribution in [2.75, 3.05) is 33.2 Å². The zero-order chi connectivity index (χ0) is 14.4. The first-order valence-electron chi connectivity index (χ1n) is 7.19. The highest BCUT2D eigenvalue weighted by molar-refractivity contribution is 5.96. The van der Waals surface area contributed by atoms with Crippen LogP contribution in [0.25, 0.3) is 0 Å². The number of likely N-dealkylation sites (N-methyl/N-ethyl adjacent to an activating group) is 1. The van der Waals surface area contributed by atoms with Gasteiger partial charge >= 0.3 is 0 Å². The molecule has 2 rings (SSSR count). The number of nitriles is 1. The number of nitrogens with zero attached hydrogens (tertiary/aromatic N) is 3. The van der Waals surface area contributed by atoms with Gasteiger partial charge in [0.05, 0.1) is 17.2 Å². The fourth-order valence-corrected chi connectivity index (χ4v) is 2.55. The first-order valence-corrected chi connectivity index (χ1v) is 7.19.